The molecule has 1 aromatic carbocycles. The van der Waals surface area contributed by atoms with Crippen molar-refractivity contribution in [3.8, 4) is 0 Å². The zero-order valence-electron chi connectivity index (χ0n) is 14.2. The van der Waals surface area contributed by atoms with Crippen LogP contribution in [0.3, 0.4) is 0 Å². The zero-order valence-corrected chi connectivity index (χ0v) is 14.2. The molecule has 0 heterocycles. The Morgan fingerprint density at radius 1 is 1.14 bits per heavy atom. The first-order valence-electron chi connectivity index (χ1n) is 9.01. The fourth-order valence-corrected chi connectivity index (χ4v) is 3.91. The van der Waals surface area contributed by atoms with E-state index in [-0.39, 0.29) is 0 Å². The minimum Gasteiger partial charge on any atom is -0.314 e. The van der Waals surface area contributed by atoms with E-state index in [2.05, 4.69) is 50.4 Å². The van der Waals surface area contributed by atoms with Gasteiger partial charge in [0.2, 0.25) is 0 Å². The number of rotatable bonds is 7. The van der Waals surface area contributed by atoms with Gasteiger partial charge in [0, 0.05) is 6.04 Å². The van der Waals surface area contributed by atoms with Crippen molar-refractivity contribution in [3.05, 3.63) is 35.4 Å². The van der Waals surface area contributed by atoms with E-state index in [0.717, 1.165) is 18.4 Å². The Morgan fingerprint density at radius 2 is 1.90 bits per heavy atom. The number of hydrogen-bond acceptors (Lipinski definition) is 1. The maximum Gasteiger partial charge on any atom is 0.00984 e. The summed E-state index contributed by atoms with van der Waals surface area (Å²) in [6.07, 6.45) is 9.65. The fourth-order valence-electron chi connectivity index (χ4n) is 3.91. The molecule has 1 saturated carbocycles. The second kappa shape index (κ2) is 8.58. The van der Waals surface area contributed by atoms with Crippen LogP contribution in [-0.2, 0) is 6.42 Å². The van der Waals surface area contributed by atoms with E-state index >= 15 is 0 Å². The van der Waals surface area contributed by atoms with Crippen LogP contribution < -0.4 is 5.32 Å². The van der Waals surface area contributed by atoms with Crippen molar-refractivity contribution in [1.82, 2.24) is 5.32 Å². The van der Waals surface area contributed by atoms with Crippen molar-refractivity contribution in [2.24, 2.45) is 11.8 Å². The number of benzene rings is 1. The van der Waals surface area contributed by atoms with E-state index in [1.807, 2.05) is 0 Å². The summed E-state index contributed by atoms with van der Waals surface area (Å²) >= 11 is 0. The molecule has 2 rings (SSSR count). The molecule has 0 aliphatic heterocycles. The van der Waals surface area contributed by atoms with Crippen molar-refractivity contribution in [2.75, 3.05) is 6.54 Å². The summed E-state index contributed by atoms with van der Waals surface area (Å²) in [5.41, 5.74) is 2.85. The molecule has 3 atom stereocenters. The van der Waals surface area contributed by atoms with Crippen LogP contribution >= 0.6 is 0 Å². The standard InChI is InChI=1S/C20H33N/c1-4-17-7-6-8-19(15-17)20(21-5-2)14-13-18-11-9-16(3)10-12-18/h9-12,17,19-21H,4-8,13-15H2,1-3H3. The van der Waals surface area contributed by atoms with Gasteiger partial charge in [-0.3, -0.25) is 0 Å². The maximum absolute atomic E-state index is 3.78. The van der Waals surface area contributed by atoms with Gasteiger partial charge < -0.3 is 5.32 Å². The molecule has 0 spiro atoms. The molecule has 1 aliphatic carbocycles. The smallest absolute Gasteiger partial charge is 0.00984 e. The first-order valence-corrected chi connectivity index (χ1v) is 9.01. The minimum absolute atomic E-state index is 0.714. The molecule has 21 heavy (non-hydrogen) atoms. The number of hydrogen-bond donors (Lipinski definition) is 1. The predicted octanol–water partition coefficient (Wildman–Crippen LogP) is 5.12. The topological polar surface area (TPSA) is 12.0 Å². The highest BCUT2D eigenvalue weighted by Gasteiger charge is 2.26. The van der Waals surface area contributed by atoms with Crippen molar-refractivity contribution in [3.63, 3.8) is 0 Å². The third kappa shape index (κ3) is 5.14. The summed E-state index contributed by atoms with van der Waals surface area (Å²) in [5, 5.41) is 3.78. The van der Waals surface area contributed by atoms with Crippen LogP contribution in [-0.4, -0.2) is 12.6 Å². The Kier molecular flexibility index (Phi) is 6.76. The molecule has 0 radical (unpaired) electrons. The Bertz CT molecular complexity index is 395. The lowest BCUT2D eigenvalue weighted by molar-refractivity contribution is 0.203. The highest BCUT2D eigenvalue weighted by Crippen LogP contribution is 2.34. The van der Waals surface area contributed by atoms with Crippen LogP contribution in [0.5, 0.6) is 0 Å². The molecular weight excluding hydrogens is 254 g/mol. The highest BCUT2D eigenvalue weighted by atomic mass is 14.9. The quantitative estimate of drug-likeness (QED) is 0.733. The van der Waals surface area contributed by atoms with E-state index in [4.69, 9.17) is 0 Å². The molecule has 118 valence electrons. The van der Waals surface area contributed by atoms with Gasteiger partial charge in [-0.1, -0.05) is 62.9 Å². The molecule has 1 fully saturated rings. The summed E-state index contributed by atoms with van der Waals surface area (Å²) in [6.45, 7) is 7.88. The van der Waals surface area contributed by atoms with Gasteiger partial charge in [0.1, 0.15) is 0 Å². The van der Waals surface area contributed by atoms with Gasteiger partial charge in [-0.25, -0.2) is 0 Å². The van der Waals surface area contributed by atoms with Crippen molar-refractivity contribution in [1.29, 1.82) is 0 Å². The van der Waals surface area contributed by atoms with Crippen LogP contribution in [0.1, 0.15) is 63.5 Å². The molecule has 0 aromatic heterocycles. The highest BCUT2D eigenvalue weighted by molar-refractivity contribution is 5.21. The van der Waals surface area contributed by atoms with Gasteiger partial charge in [0.25, 0.3) is 0 Å². The van der Waals surface area contributed by atoms with Crippen LogP contribution in [0, 0.1) is 18.8 Å². The van der Waals surface area contributed by atoms with E-state index < -0.39 is 0 Å². The summed E-state index contributed by atoms with van der Waals surface area (Å²) in [6, 6.07) is 9.80. The lowest BCUT2D eigenvalue weighted by Crippen LogP contribution is -2.39. The third-order valence-corrected chi connectivity index (χ3v) is 5.30. The molecular formula is C20H33N. The van der Waals surface area contributed by atoms with Gasteiger partial charge in [-0.15, -0.1) is 0 Å². The lowest BCUT2D eigenvalue weighted by atomic mass is 9.75. The van der Waals surface area contributed by atoms with Crippen LogP contribution in [0.15, 0.2) is 24.3 Å². The molecule has 0 bridgehead atoms. The van der Waals surface area contributed by atoms with Crippen LogP contribution in [0.25, 0.3) is 0 Å². The summed E-state index contributed by atoms with van der Waals surface area (Å²) < 4.78 is 0. The van der Waals surface area contributed by atoms with E-state index in [0.29, 0.717) is 6.04 Å². The average molecular weight is 287 g/mol. The second-order valence-corrected chi connectivity index (χ2v) is 6.89. The number of nitrogens with one attached hydrogen (secondary N) is 1. The summed E-state index contributed by atoms with van der Waals surface area (Å²) in [5.74, 6) is 1.87. The van der Waals surface area contributed by atoms with Crippen molar-refractivity contribution >= 4 is 0 Å². The van der Waals surface area contributed by atoms with E-state index in [9.17, 15) is 0 Å². The molecule has 1 aromatic rings. The fraction of sp³-hybridized carbons (Fsp3) is 0.700. The first-order chi connectivity index (χ1) is 10.2. The molecule has 1 nitrogen and oxygen atoms in total. The van der Waals surface area contributed by atoms with Crippen molar-refractivity contribution < 1.29 is 0 Å². The maximum atomic E-state index is 3.78. The third-order valence-electron chi connectivity index (χ3n) is 5.30. The predicted molar refractivity (Wildman–Crippen MR) is 92.7 cm³/mol. The SMILES string of the molecule is CCNC(CCc1ccc(C)cc1)C1CCCC(CC)C1. The Labute approximate surface area is 131 Å². The second-order valence-electron chi connectivity index (χ2n) is 6.89. The van der Waals surface area contributed by atoms with Crippen LogP contribution in [0.2, 0.25) is 0 Å². The van der Waals surface area contributed by atoms with Gasteiger partial charge in [-0.05, 0) is 56.6 Å². The summed E-state index contributed by atoms with van der Waals surface area (Å²) in [7, 11) is 0. The average Bonchev–Trinajstić information content (AvgIpc) is 2.53. The largest absolute Gasteiger partial charge is 0.314 e. The summed E-state index contributed by atoms with van der Waals surface area (Å²) in [4.78, 5) is 0. The zero-order chi connectivity index (χ0) is 15.1. The monoisotopic (exact) mass is 287 g/mol. The van der Waals surface area contributed by atoms with E-state index in [1.54, 1.807) is 0 Å². The first kappa shape index (κ1) is 16.5. The lowest BCUT2D eigenvalue weighted by Gasteiger charge is -2.35. The van der Waals surface area contributed by atoms with E-state index in [1.165, 1.54) is 56.1 Å². The molecule has 3 unspecified atom stereocenters. The van der Waals surface area contributed by atoms with Gasteiger partial charge in [0.05, 0.1) is 0 Å². The van der Waals surface area contributed by atoms with Crippen molar-refractivity contribution in [2.45, 2.75) is 71.8 Å². The Hall–Kier alpha value is -0.820. The molecule has 0 saturated heterocycles. The van der Waals surface area contributed by atoms with Crippen LogP contribution in [0.4, 0.5) is 0 Å². The Balaban J connectivity index is 1.90. The molecule has 1 N–H and O–H groups in total. The minimum atomic E-state index is 0.714. The molecule has 1 aliphatic rings. The molecule has 0 amide bonds. The Morgan fingerprint density at radius 3 is 2.57 bits per heavy atom. The normalized spacial score (nSPS) is 24.0. The van der Waals surface area contributed by atoms with Gasteiger partial charge in [-0.2, -0.15) is 0 Å². The molecule has 1 heteroatoms. The van der Waals surface area contributed by atoms with Gasteiger partial charge >= 0.3 is 0 Å². The number of aryl methyl sites for hydroxylation is 2. The van der Waals surface area contributed by atoms with Gasteiger partial charge in [0.15, 0.2) is 0 Å².